The van der Waals surface area contributed by atoms with Gasteiger partial charge in [-0.15, -0.1) is 0 Å². The van der Waals surface area contributed by atoms with E-state index < -0.39 is 12.1 Å². The molecule has 1 aromatic carbocycles. The molecule has 0 aliphatic carbocycles. The van der Waals surface area contributed by atoms with Crippen molar-refractivity contribution in [3.63, 3.8) is 0 Å². The van der Waals surface area contributed by atoms with Gasteiger partial charge in [0.15, 0.2) is 6.10 Å². The van der Waals surface area contributed by atoms with Gasteiger partial charge in [0.05, 0.1) is 20.3 Å². The van der Waals surface area contributed by atoms with Crippen molar-refractivity contribution in [1.29, 1.82) is 0 Å². The lowest BCUT2D eigenvalue weighted by molar-refractivity contribution is -0.154. The van der Waals surface area contributed by atoms with Gasteiger partial charge in [0.25, 0.3) is 0 Å². The summed E-state index contributed by atoms with van der Waals surface area (Å²) in [6.45, 7) is 1.02. The molecule has 1 fully saturated rings. The van der Waals surface area contributed by atoms with Crippen LogP contribution in [0.15, 0.2) is 24.3 Å². The summed E-state index contributed by atoms with van der Waals surface area (Å²) in [5, 5.41) is 11.7. The number of urea groups is 1. The van der Waals surface area contributed by atoms with Crippen molar-refractivity contribution in [2.45, 2.75) is 12.6 Å². The highest BCUT2D eigenvalue weighted by atomic mass is 16.5. The van der Waals surface area contributed by atoms with E-state index in [1.165, 1.54) is 4.90 Å². The largest absolute Gasteiger partial charge is 0.497 e. The lowest BCUT2D eigenvalue weighted by atomic mass is 10.2. The Kier molecular flexibility index (Phi) is 4.99. The number of methoxy groups -OCH3 is 1. The van der Waals surface area contributed by atoms with Crippen LogP contribution in [-0.4, -0.2) is 54.9 Å². The van der Waals surface area contributed by atoms with Crippen LogP contribution in [0.25, 0.3) is 0 Å². The quantitative estimate of drug-likeness (QED) is 0.853. The Bertz CT molecular complexity index is 520. The van der Waals surface area contributed by atoms with E-state index in [1.54, 1.807) is 7.11 Å². The summed E-state index contributed by atoms with van der Waals surface area (Å²) in [7, 11) is 1.58. The number of nitrogens with zero attached hydrogens (tertiary/aromatic N) is 1. The van der Waals surface area contributed by atoms with Crippen LogP contribution >= 0.6 is 0 Å². The number of hydrogen-bond acceptors (Lipinski definition) is 4. The number of hydrogen-bond donors (Lipinski definition) is 2. The van der Waals surface area contributed by atoms with Gasteiger partial charge in [0.1, 0.15) is 5.75 Å². The van der Waals surface area contributed by atoms with Crippen LogP contribution in [0.1, 0.15) is 5.56 Å². The molecular formula is C14H18N2O5. The first-order valence-electron chi connectivity index (χ1n) is 6.60. The van der Waals surface area contributed by atoms with Crippen molar-refractivity contribution in [3.05, 3.63) is 29.8 Å². The lowest BCUT2D eigenvalue weighted by Gasteiger charge is -2.30. The number of carboxylic acid groups (broad SMARTS) is 1. The molecule has 1 atom stereocenters. The normalized spacial score (nSPS) is 18.1. The van der Waals surface area contributed by atoms with Crippen LogP contribution in [0, 0.1) is 0 Å². The minimum atomic E-state index is -1.06. The molecule has 1 unspecified atom stereocenters. The molecule has 1 aliphatic heterocycles. The number of carbonyl (C=O) groups is 2. The summed E-state index contributed by atoms with van der Waals surface area (Å²) in [5.41, 5.74) is 0.908. The molecule has 7 heteroatoms. The Morgan fingerprint density at radius 1 is 1.52 bits per heavy atom. The number of nitrogens with one attached hydrogen (secondary N) is 1. The van der Waals surface area contributed by atoms with Crippen molar-refractivity contribution < 1.29 is 24.2 Å². The highest BCUT2D eigenvalue weighted by Crippen LogP contribution is 2.12. The number of rotatable bonds is 4. The molecule has 21 heavy (non-hydrogen) atoms. The third-order valence-electron chi connectivity index (χ3n) is 3.21. The zero-order valence-electron chi connectivity index (χ0n) is 11.7. The second-order valence-electron chi connectivity index (χ2n) is 4.65. The molecule has 0 aromatic heterocycles. The fourth-order valence-corrected chi connectivity index (χ4v) is 2.06. The molecular weight excluding hydrogens is 276 g/mol. The Morgan fingerprint density at radius 3 is 3.05 bits per heavy atom. The van der Waals surface area contributed by atoms with Gasteiger partial charge in [0.2, 0.25) is 0 Å². The number of morpholine rings is 1. The molecule has 1 aromatic rings. The van der Waals surface area contributed by atoms with E-state index in [-0.39, 0.29) is 19.2 Å². The van der Waals surface area contributed by atoms with E-state index in [2.05, 4.69) is 5.32 Å². The van der Waals surface area contributed by atoms with Crippen LogP contribution in [0.5, 0.6) is 5.75 Å². The molecule has 2 N–H and O–H groups in total. The molecule has 1 aliphatic rings. The smallest absolute Gasteiger partial charge is 0.334 e. The van der Waals surface area contributed by atoms with Crippen molar-refractivity contribution in [2.75, 3.05) is 26.8 Å². The summed E-state index contributed by atoms with van der Waals surface area (Å²) in [4.78, 5) is 24.4. The van der Waals surface area contributed by atoms with Crippen LogP contribution in [0.4, 0.5) is 4.79 Å². The number of ether oxygens (including phenoxy) is 2. The SMILES string of the molecule is COc1cccc(CNC(=O)N2CCOC(C(=O)O)C2)c1. The molecule has 0 spiro atoms. The molecule has 1 saturated heterocycles. The van der Waals surface area contributed by atoms with Crippen LogP contribution in [0.2, 0.25) is 0 Å². The van der Waals surface area contributed by atoms with E-state index in [0.29, 0.717) is 13.1 Å². The summed E-state index contributed by atoms with van der Waals surface area (Å²) >= 11 is 0. The molecule has 0 bridgehead atoms. The first-order valence-corrected chi connectivity index (χ1v) is 6.60. The predicted octanol–water partition coefficient (Wildman–Crippen LogP) is 0.690. The van der Waals surface area contributed by atoms with Crippen LogP contribution in [0.3, 0.4) is 0 Å². The predicted molar refractivity (Wildman–Crippen MR) is 74.2 cm³/mol. The van der Waals surface area contributed by atoms with E-state index in [0.717, 1.165) is 11.3 Å². The van der Waals surface area contributed by atoms with Gasteiger partial charge in [-0.05, 0) is 17.7 Å². The Labute approximate surface area is 122 Å². The topological polar surface area (TPSA) is 88.1 Å². The van der Waals surface area contributed by atoms with E-state index in [1.807, 2.05) is 24.3 Å². The Hall–Kier alpha value is -2.28. The fourth-order valence-electron chi connectivity index (χ4n) is 2.06. The van der Waals surface area contributed by atoms with Gasteiger partial charge < -0.3 is 24.8 Å². The van der Waals surface area contributed by atoms with E-state index in [9.17, 15) is 9.59 Å². The second kappa shape index (κ2) is 6.94. The highest BCUT2D eigenvalue weighted by molar-refractivity contribution is 5.77. The van der Waals surface area contributed by atoms with E-state index >= 15 is 0 Å². The number of benzene rings is 1. The fraction of sp³-hybridized carbons (Fsp3) is 0.429. The lowest BCUT2D eigenvalue weighted by Crippen LogP contribution is -2.51. The molecule has 1 heterocycles. The second-order valence-corrected chi connectivity index (χ2v) is 4.65. The van der Waals surface area contributed by atoms with Crippen LogP contribution in [-0.2, 0) is 16.1 Å². The highest BCUT2D eigenvalue weighted by Gasteiger charge is 2.28. The number of carboxylic acids is 1. The maximum atomic E-state index is 12.0. The van der Waals surface area contributed by atoms with Gasteiger partial charge in [0, 0.05) is 13.1 Å². The average molecular weight is 294 g/mol. The maximum Gasteiger partial charge on any atom is 0.334 e. The zero-order valence-corrected chi connectivity index (χ0v) is 11.7. The molecule has 114 valence electrons. The Balaban J connectivity index is 1.87. The van der Waals surface area contributed by atoms with E-state index in [4.69, 9.17) is 14.6 Å². The zero-order chi connectivity index (χ0) is 15.2. The third kappa shape index (κ3) is 4.09. The van der Waals surface area contributed by atoms with Crippen molar-refractivity contribution in [3.8, 4) is 5.75 Å². The average Bonchev–Trinajstić information content (AvgIpc) is 2.53. The minimum Gasteiger partial charge on any atom is -0.497 e. The van der Waals surface area contributed by atoms with Crippen LogP contribution < -0.4 is 10.1 Å². The summed E-state index contributed by atoms with van der Waals surface area (Å²) < 4.78 is 10.2. The first kappa shape index (κ1) is 15.1. The van der Waals surface area contributed by atoms with Gasteiger partial charge in [-0.2, -0.15) is 0 Å². The molecule has 2 amide bonds. The number of amides is 2. The number of carbonyl (C=O) groups excluding carboxylic acids is 1. The summed E-state index contributed by atoms with van der Waals surface area (Å²) in [6.07, 6.45) is -0.957. The minimum absolute atomic E-state index is 0.0548. The number of aliphatic carboxylic acids is 1. The Morgan fingerprint density at radius 2 is 2.33 bits per heavy atom. The summed E-state index contributed by atoms with van der Waals surface area (Å²) in [6, 6.07) is 7.08. The standard InChI is InChI=1S/C14H18N2O5/c1-20-11-4-2-3-10(7-11)8-15-14(19)16-5-6-21-12(9-16)13(17)18/h2-4,7,12H,5-6,8-9H2,1H3,(H,15,19)(H,17,18). The third-order valence-corrected chi connectivity index (χ3v) is 3.21. The van der Waals surface area contributed by atoms with Crippen molar-refractivity contribution in [1.82, 2.24) is 10.2 Å². The van der Waals surface area contributed by atoms with Crippen molar-refractivity contribution in [2.24, 2.45) is 0 Å². The molecule has 2 rings (SSSR count). The maximum absolute atomic E-state index is 12.0. The molecule has 7 nitrogen and oxygen atoms in total. The van der Waals surface area contributed by atoms with Gasteiger partial charge >= 0.3 is 12.0 Å². The van der Waals surface area contributed by atoms with Gasteiger partial charge in [-0.3, -0.25) is 0 Å². The van der Waals surface area contributed by atoms with Gasteiger partial charge in [-0.1, -0.05) is 12.1 Å². The van der Waals surface area contributed by atoms with Crippen molar-refractivity contribution >= 4 is 12.0 Å². The van der Waals surface area contributed by atoms with Gasteiger partial charge in [-0.25, -0.2) is 9.59 Å². The monoisotopic (exact) mass is 294 g/mol. The summed E-state index contributed by atoms with van der Waals surface area (Å²) in [5.74, 6) is -0.334. The molecule has 0 radical (unpaired) electrons. The molecule has 0 saturated carbocycles. The first-order chi connectivity index (χ1) is 10.1.